The molecular weight excluding hydrogens is 350 g/mol. The van der Waals surface area contributed by atoms with Crippen LogP contribution in [0.3, 0.4) is 0 Å². The molecule has 3 aromatic rings. The van der Waals surface area contributed by atoms with Crippen molar-refractivity contribution >= 4 is 26.7 Å². The number of aromatic nitrogens is 4. The number of anilines is 1. The van der Waals surface area contributed by atoms with E-state index in [1.165, 1.54) is 5.56 Å². The van der Waals surface area contributed by atoms with Crippen LogP contribution in [-0.4, -0.2) is 52.8 Å². The van der Waals surface area contributed by atoms with Gasteiger partial charge in [0.2, 0.25) is 0 Å². The standard InChI is InChI=1S/C18H21N5O2S/c1-22-17-15(13-19-22)18(23-9-11-26(24,25)12-10-23)21-16(20-17)8-7-14-5-3-2-4-6-14/h2-6,13H,7-12H2,1H3. The number of hydrogen-bond acceptors (Lipinski definition) is 6. The first-order valence-electron chi connectivity index (χ1n) is 8.70. The summed E-state index contributed by atoms with van der Waals surface area (Å²) >= 11 is 0. The molecule has 1 aliphatic rings. The Morgan fingerprint density at radius 3 is 2.50 bits per heavy atom. The van der Waals surface area contributed by atoms with E-state index in [0.717, 1.165) is 35.5 Å². The molecule has 0 unspecified atom stereocenters. The van der Waals surface area contributed by atoms with Gasteiger partial charge in [-0.1, -0.05) is 30.3 Å². The third-order valence-corrected chi connectivity index (χ3v) is 6.35. The highest BCUT2D eigenvalue weighted by molar-refractivity contribution is 7.91. The van der Waals surface area contributed by atoms with Crippen molar-refractivity contribution in [2.75, 3.05) is 29.5 Å². The van der Waals surface area contributed by atoms with Gasteiger partial charge in [-0.25, -0.2) is 18.4 Å². The first-order chi connectivity index (χ1) is 12.5. The minimum atomic E-state index is -2.93. The van der Waals surface area contributed by atoms with E-state index in [4.69, 9.17) is 4.98 Å². The van der Waals surface area contributed by atoms with E-state index < -0.39 is 9.84 Å². The molecular formula is C18H21N5O2S. The average molecular weight is 371 g/mol. The second-order valence-electron chi connectivity index (χ2n) is 6.59. The molecule has 4 rings (SSSR count). The Morgan fingerprint density at radius 1 is 1.04 bits per heavy atom. The number of hydrogen-bond donors (Lipinski definition) is 0. The molecule has 0 radical (unpaired) electrons. The molecule has 0 saturated carbocycles. The van der Waals surface area contributed by atoms with Crippen LogP contribution in [0.4, 0.5) is 5.82 Å². The Labute approximate surface area is 152 Å². The van der Waals surface area contributed by atoms with Crippen molar-refractivity contribution in [1.82, 2.24) is 19.7 Å². The van der Waals surface area contributed by atoms with E-state index >= 15 is 0 Å². The fraction of sp³-hybridized carbons (Fsp3) is 0.389. The number of sulfone groups is 1. The zero-order valence-electron chi connectivity index (χ0n) is 14.7. The summed E-state index contributed by atoms with van der Waals surface area (Å²) < 4.78 is 25.2. The van der Waals surface area contributed by atoms with Gasteiger partial charge in [0.1, 0.15) is 11.6 Å². The Balaban J connectivity index is 1.65. The highest BCUT2D eigenvalue weighted by atomic mass is 32.2. The summed E-state index contributed by atoms with van der Waals surface area (Å²) in [6, 6.07) is 10.3. The molecule has 0 bridgehead atoms. The van der Waals surface area contributed by atoms with Gasteiger partial charge in [0.05, 0.1) is 23.1 Å². The zero-order chi connectivity index (χ0) is 18.1. The van der Waals surface area contributed by atoms with Crippen LogP contribution in [0, 0.1) is 0 Å². The number of aryl methyl sites for hydroxylation is 3. The van der Waals surface area contributed by atoms with Crippen molar-refractivity contribution in [2.24, 2.45) is 7.05 Å². The Bertz CT molecular complexity index is 1020. The molecule has 1 aliphatic heterocycles. The van der Waals surface area contributed by atoms with Gasteiger partial charge in [-0.05, 0) is 12.0 Å². The lowest BCUT2D eigenvalue weighted by atomic mass is 10.1. The van der Waals surface area contributed by atoms with E-state index in [9.17, 15) is 8.42 Å². The van der Waals surface area contributed by atoms with Crippen LogP contribution in [-0.2, 0) is 29.7 Å². The quantitative estimate of drug-likeness (QED) is 0.689. The van der Waals surface area contributed by atoms with Crippen molar-refractivity contribution in [2.45, 2.75) is 12.8 Å². The number of nitrogens with zero attached hydrogens (tertiary/aromatic N) is 5. The maximum absolute atomic E-state index is 11.7. The predicted octanol–water partition coefficient (Wildman–Crippen LogP) is 1.38. The largest absolute Gasteiger partial charge is 0.354 e. The smallest absolute Gasteiger partial charge is 0.163 e. The highest BCUT2D eigenvalue weighted by Gasteiger charge is 2.25. The summed E-state index contributed by atoms with van der Waals surface area (Å²) in [6.07, 6.45) is 3.34. The molecule has 1 fully saturated rings. The van der Waals surface area contributed by atoms with Crippen LogP contribution in [0.2, 0.25) is 0 Å². The summed E-state index contributed by atoms with van der Waals surface area (Å²) in [5, 5.41) is 5.18. The van der Waals surface area contributed by atoms with Gasteiger partial charge in [-0.3, -0.25) is 4.68 Å². The monoisotopic (exact) mass is 371 g/mol. The van der Waals surface area contributed by atoms with Crippen LogP contribution >= 0.6 is 0 Å². The molecule has 0 atom stereocenters. The summed E-state index contributed by atoms with van der Waals surface area (Å²) in [5.41, 5.74) is 2.03. The topological polar surface area (TPSA) is 81.0 Å². The normalized spacial score (nSPS) is 16.9. The Kier molecular flexibility index (Phi) is 4.36. The summed E-state index contributed by atoms with van der Waals surface area (Å²) in [6.45, 7) is 0.920. The molecule has 2 aromatic heterocycles. The molecule has 1 aromatic carbocycles. The Hall–Kier alpha value is -2.48. The summed E-state index contributed by atoms with van der Waals surface area (Å²) in [7, 11) is -1.07. The van der Waals surface area contributed by atoms with Gasteiger partial charge in [-0.15, -0.1) is 0 Å². The summed E-state index contributed by atoms with van der Waals surface area (Å²) in [4.78, 5) is 11.5. The van der Waals surface area contributed by atoms with Gasteiger partial charge in [0.25, 0.3) is 0 Å². The van der Waals surface area contributed by atoms with Gasteiger partial charge in [0, 0.05) is 26.6 Å². The second kappa shape index (κ2) is 6.68. The van der Waals surface area contributed by atoms with E-state index in [2.05, 4.69) is 22.2 Å². The molecule has 1 saturated heterocycles. The lowest BCUT2D eigenvalue weighted by molar-refractivity contribution is 0.586. The minimum Gasteiger partial charge on any atom is -0.354 e. The van der Waals surface area contributed by atoms with E-state index in [0.29, 0.717) is 13.1 Å². The average Bonchev–Trinajstić information content (AvgIpc) is 3.01. The van der Waals surface area contributed by atoms with Crippen LogP contribution in [0.5, 0.6) is 0 Å². The van der Waals surface area contributed by atoms with Crippen LogP contribution in [0.1, 0.15) is 11.4 Å². The maximum atomic E-state index is 11.7. The third kappa shape index (κ3) is 3.41. The van der Waals surface area contributed by atoms with Crippen LogP contribution < -0.4 is 4.90 Å². The van der Waals surface area contributed by atoms with E-state index in [-0.39, 0.29) is 11.5 Å². The van der Waals surface area contributed by atoms with Crippen molar-refractivity contribution < 1.29 is 8.42 Å². The molecule has 3 heterocycles. The SMILES string of the molecule is Cn1ncc2c(N3CCS(=O)(=O)CC3)nc(CCc3ccccc3)nc21. The van der Waals surface area contributed by atoms with Crippen molar-refractivity contribution in [3.8, 4) is 0 Å². The third-order valence-electron chi connectivity index (χ3n) is 4.74. The number of rotatable bonds is 4. The van der Waals surface area contributed by atoms with E-state index in [1.54, 1.807) is 10.9 Å². The molecule has 0 N–H and O–H groups in total. The molecule has 7 nitrogen and oxygen atoms in total. The maximum Gasteiger partial charge on any atom is 0.163 e. The molecule has 0 aliphatic carbocycles. The first kappa shape index (κ1) is 17.0. The molecule has 0 amide bonds. The van der Waals surface area contributed by atoms with Crippen LogP contribution in [0.15, 0.2) is 36.5 Å². The molecule has 26 heavy (non-hydrogen) atoms. The minimum absolute atomic E-state index is 0.165. The van der Waals surface area contributed by atoms with Gasteiger partial charge >= 0.3 is 0 Å². The van der Waals surface area contributed by atoms with Crippen molar-refractivity contribution in [1.29, 1.82) is 0 Å². The lowest BCUT2D eigenvalue weighted by Gasteiger charge is -2.28. The highest BCUT2D eigenvalue weighted by Crippen LogP contribution is 2.25. The number of fused-ring (bicyclic) bond motifs is 1. The van der Waals surface area contributed by atoms with Crippen LogP contribution in [0.25, 0.3) is 11.0 Å². The predicted molar refractivity (Wildman–Crippen MR) is 101 cm³/mol. The van der Waals surface area contributed by atoms with Crippen molar-refractivity contribution in [3.05, 3.63) is 47.9 Å². The molecule has 136 valence electrons. The van der Waals surface area contributed by atoms with Gasteiger partial charge < -0.3 is 4.90 Å². The van der Waals surface area contributed by atoms with Gasteiger partial charge in [-0.2, -0.15) is 5.10 Å². The Morgan fingerprint density at radius 2 is 1.77 bits per heavy atom. The van der Waals surface area contributed by atoms with E-state index in [1.807, 2.05) is 30.1 Å². The second-order valence-corrected chi connectivity index (χ2v) is 8.90. The number of benzene rings is 1. The summed E-state index contributed by atoms with van der Waals surface area (Å²) in [5.74, 6) is 1.88. The van der Waals surface area contributed by atoms with Crippen molar-refractivity contribution in [3.63, 3.8) is 0 Å². The fourth-order valence-electron chi connectivity index (χ4n) is 3.23. The lowest BCUT2D eigenvalue weighted by Crippen LogP contribution is -2.41. The van der Waals surface area contributed by atoms with Gasteiger partial charge in [0.15, 0.2) is 15.5 Å². The molecule has 8 heteroatoms. The zero-order valence-corrected chi connectivity index (χ0v) is 15.5. The molecule has 0 spiro atoms. The first-order valence-corrected chi connectivity index (χ1v) is 10.5. The fourth-order valence-corrected chi connectivity index (χ4v) is 4.43.